The van der Waals surface area contributed by atoms with Crippen LogP contribution in [0.3, 0.4) is 0 Å². The van der Waals surface area contributed by atoms with Crippen molar-refractivity contribution >= 4 is 8.32 Å². The van der Waals surface area contributed by atoms with Crippen molar-refractivity contribution in [3.63, 3.8) is 0 Å². The zero-order chi connectivity index (χ0) is 12.1. The molecule has 0 saturated heterocycles. The average Bonchev–Trinajstić information content (AvgIpc) is 1.95. The summed E-state index contributed by atoms with van der Waals surface area (Å²) in [6, 6.07) is 0. The van der Waals surface area contributed by atoms with Crippen molar-refractivity contribution < 1.29 is 4.43 Å². The maximum atomic E-state index is 6.30. The third kappa shape index (κ3) is 7.80. The first-order valence-corrected chi connectivity index (χ1v) is 9.45. The fourth-order valence-electron chi connectivity index (χ4n) is 1.99. The molecule has 0 heterocycles. The van der Waals surface area contributed by atoms with Crippen LogP contribution < -0.4 is 0 Å². The molecule has 0 aromatic heterocycles. The Kier molecular flexibility index (Phi) is 5.82. The molecule has 0 radical (unpaired) electrons. The molecule has 0 aliphatic heterocycles. The molecule has 0 N–H and O–H groups in total. The summed E-state index contributed by atoms with van der Waals surface area (Å²) in [5, 5.41) is 0. The van der Waals surface area contributed by atoms with Gasteiger partial charge in [0.05, 0.1) is 5.60 Å². The molecule has 0 aliphatic carbocycles. The van der Waals surface area contributed by atoms with E-state index >= 15 is 0 Å². The Bertz CT molecular complexity index is 211. The summed E-state index contributed by atoms with van der Waals surface area (Å²) >= 11 is 0. The van der Waals surface area contributed by atoms with E-state index in [1.54, 1.807) is 0 Å². The lowest BCUT2D eigenvalue weighted by Gasteiger charge is -2.34. The van der Waals surface area contributed by atoms with E-state index in [2.05, 4.69) is 53.4 Å². The van der Waals surface area contributed by atoms with Crippen LogP contribution in [0.2, 0.25) is 19.6 Å². The fourth-order valence-corrected chi connectivity index (χ4v) is 3.55. The second-order valence-corrected chi connectivity index (χ2v) is 10.3. The second-order valence-electron chi connectivity index (χ2n) is 5.85. The smallest absolute Gasteiger partial charge is 0.184 e. The molecule has 0 saturated carbocycles. The van der Waals surface area contributed by atoms with Gasteiger partial charge >= 0.3 is 0 Å². The second kappa shape index (κ2) is 5.85. The zero-order valence-corrected chi connectivity index (χ0v) is 12.6. The molecule has 15 heavy (non-hydrogen) atoms. The molecule has 0 amide bonds. The van der Waals surface area contributed by atoms with Crippen molar-refractivity contribution in [3.8, 4) is 0 Å². The van der Waals surface area contributed by atoms with Gasteiger partial charge < -0.3 is 4.43 Å². The van der Waals surface area contributed by atoms with Gasteiger partial charge in [-0.15, -0.1) is 0 Å². The molecule has 0 fully saturated rings. The molecule has 1 atom stereocenters. The first kappa shape index (κ1) is 14.9. The van der Waals surface area contributed by atoms with Gasteiger partial charge in [0.25, 0.3) is 0 Å². The van der Waals surface area contributed by atoms with E-state index in [4.69, 9.17) is 4.43 Å². The summed E-state index contributed by atoms with van der Waals surface area (Å²) in [4.78, 5) is 0. The quantitative estimate of drug-likeness (QED) is 0.471. The maximum Gasteiger partial charge on any atom is 0.184 e. The van der Waals surface area contributed by atoms with Crippen molar-refractivity contribution in [2.75, 3.05) is 0 Å². The minimum absolute atomic E-state index is 0.0423. The third-order valence-electron chi connectivity index (χ3n) is 2.16. The number of hydrogen-bond acceptors (Lipinski definition) is 1. The summed E-state index contributed by atoms with van der Waals surface area (Å²) in [5.41, 5.74) is 1.31. The van der Waals surface area contributed by atoms with Gasteiger partial charge in [0, 0.05) is 0 Å². The Morgan fingerprint density at radius 1 is 1.27 bits per heavy atom. The molecular weight excluding hydrogens is 200 g/mol. The summed E-state index contributed by atoms with van der Waals surface area (Å²) in [6.45, 7) is 15.5. The Balaban J connectivity index is 4.62. The van der Waals surface area contributed by atoms with Crippen molar-refractivity contribution in [1.29, 1.82) is 0 Å². The van der Waals surface area contributed by atoms with Crippen LogP contribution in [0.15, 0.2) is 11.6 Å². The summed E-state index contributed by atoms with van der Waals surface area (Å²) in [6.07, 6.45) is 5.91. The molecule has 0 aliphatic rings. The first-order valence-electron chi connectivity index (χ1n) is 6.05. The molecule has 0 spiro atoms. The molecule has 0 aromatic rings. The molecule has 0 rings (SSSR count). The largest absolute Gasteiger partial charge is 0.409 e. The van der Waals surface area contributed by atoms with E-state index in [0.29, 0.717) is 0 Å². The number of unbranched alkanes of at least 4 members (excludes halogenated alkanes) is 1. The zero-order valence-electron chi connectivity index (χ0n) is 11.6. The topological polar surface area (TPSA) is 9.23 Å². The maximum absolute atomic E-state index is 6.30. The van der Waals surface area contributed by atoms with Gasteiger partial charge in [-0.3, -0.25) is 0 Å². The molecule has 0 bridgehead atoms. The summed E-state index contributed by atoms with van der Waals surface area (Å²) in [5.74, 6) is 0. The van der Waals surface area contributed by atoms with Crippen LogP contribution in [0.5, 0.6) is 0 Å². The van der Waals surface area contributed by atoms with Crippen LogP contribution in [0.1, 0.15) is 47.0 Å². The Labute approximate surface area is 97.0 Å². The highest BCUT2D eigenvalue weighted by atomic mass is 28.4. The molecule has 2 heteroatoms. The number of hydrogen-bond donors (Lipinski definition) is 0. The summed E-state index contributed by atoms with van der Waals surface area (Å²) < 4.78 is 6.30. The van der Waals surface area contributed by atoms with Crippen LogP contribution in [0.25, 0.3) is 0 Å². The van der Waals surface area contributed by atoms with E-state index < -0.39 is 8.32 Å². The molecule has 0 aromatic carbocycles. The minimum atomic E-state index is -1.45. The molecular formula is C13H28OSi. The van der Waals surface area contributed by atoms with Crippen LogP contribution in [-0.4, -0.2) is 13.9 Å². The summed E-state index contributed by atoms with van der Waals surface area (Å²) in [7, 11) is -1.45. The number of allylic oxidation sites excluding steroid dienone is 1. The Hall–Kier alpha value is -0.0831. The molecule has 90 valence electrons. The van der Waals surface area contributed by atoms with Crippen molar-refractivity contribution in [2.45, 2.75) is 72.2 Å². The highest BCUT2D eigenvalue weighted by Gasteiger charge is 2.28. The van der Waals surface area contributed by atoms with Crippen molar-refractivity contribution in [1.82, 2.24) is 0 Å². The van der Waals surface area contributed by atoms with Crippen molar-refractivity contribution in [3.05, 3.63) is 11.6 Å². The van der Waals surface area contributed by atoms with Gasteiger partial charge in [0.15, 0.2) is 8.32 Å². The van der Waals surface area contributed by atoms with Crippen molar-refractivity contribution in [2.24, 2.45) is 0 Å². The fraction of sp³-hybridized carbons (Fsp3) is 0.846. The van der Waals surface area contributed by atoms with Crippen LogP contribution in [0.4, 0.5) is 0 Å². The predicted molar refractivity (Wildman–Crippen MR) is 71.8 cm³/mol. The van der Waals surface area contributed by atoms with E-state index in [-0.39, 0.29) is 5.60 Å². The average molecular weight is 228 g/mol. The Morgan fingerprint density at radius 3 is 2.13 bits per heavy atom. The van der Waals surface area contributed by atoms with E-state index in [0.717, 1.165) is 6.42 Å². The Morgan fingerprint density at radius 2 is 1.80 bits per heavy atom. The molecule has 1 nitrogen and oxygen atoms in total. The highest BCUT2D eigenvalue weighted by Crippen LogP contribution is 2.26. The third-order valence-corrected chi connectivity index (χ3v) is 3.24. The number of rotatable bonds is 6. The lowest BCUT2D eigenvalue weighted by Crippen LogP contribution is -2.39. The molecule has 1 unspecified atom stereocenters. The van der Waals surface area contributed by atoms with E-state index in [1.165, 1.54) is 18.4 Å². The minimum Gasteiger partial charge on any atom is -0.409 e. The lowest BCUT2D eigenvalue weighted by atomic mass is 9.97. The highest BCUT2D eigenvalue weighted by molar-refractivity contribution is 6.69. The predicted octanol–water partition coefficient (Wildman–Crippen LogP) is 4.75. The van der Waals surface area contributed by atoms with Gasteiger partial charge in [-0.05, 0) is 46.8 Å². The monoisotopic (exact) mass is 228 g/mol. The SMILES string of the molecule is CCCCC(C)(C=C(C)C)O[Si](C)(C)C. The van der Waals surface area contributed by atoms with Gasteiger partial charge in [-0.25, -0.2) is 0 Å². The first-order chi connectivity index (χ1) is 6.68. The van der Waals surface area contributed by atoms with E-state index in [1.807, 2.05) is 0 Å². The van der Waals surface area contributed by atoms with Crippen LogP contribution >= 0.6 is 0 Å². The van der Waals surface area contributed by atoms with Gasteiger partial charge in [-0.2, -0.15) is 0 Å². The normalized spacial score (nSPS) is 15.9. The standard InChI is InChI=1S/C13H28OSi/c1-8-9-10-13(4,11-12(2)3)14-15(5,6)7/h11H,8-10H2,1-7H3. The van der Waals surface area contributed by atoms with Crippen LogP contribution in [-0.2, 0) is 4.43 Å². The van der Waals surface area contributed by atoms with Gasteiger partial charge in [-0.1, -0.05) is 31.4 Å². The van der Waals surface area contributed by atoms with Gasteiger partial charge in [0.1, 0.15) is 0 Å². The lowest BCUT2D eigenvalue weighted by molar-refractivity contribution is 0.118. The van der Waals surface area contributed by atoms with E-state index in [9.17, 15) is 0 Å². The van der Waals surface area contributed by atoms with Gasteiger partial charge in [0.2, 0.25) is 0 Å². The van der Waals surface area contributed by atoms with Crippen LogP contribution in [0, 0.1) is 0 Å².